The number of hydrogen-bond acceptors (Lipinski definition) is 8. The molecule has 0 aromatic heterocycles. The maximum atomic E-state index is 6.09. The van der Waals surface area contributed by atoms with Crippen molar-refractivity contribution in [2.75, 3.05) is 56.9 Å². The summed E-state index contributed by atoms with van der Waals surface area (Å²) in [6, 6.07) is 22.0. The Bertz CT molecular complexity index is 1610. The summed E-state index contributed by atoms with van der Waals surface area (Å²) >= 11 is 0. The van der Waals surface area contributed by atoms with Gasteiger partial charge in [-0.1, -0.05) is 12.1 Å². The Kier molecular flexibility index (Phi) is 8.99. The predicted molar refractivity (Wildman–Crippen MR) is 169 cm³/mol. The first kappa shape index (κ1) is 30.7. The summed E-state index contributed by atoms with van der Waals surface area (Å²) in [6.07, 6.45) is 1.24. The Hall–Kier alpha value is -4.72. The Balaban J connectivity index is 1.89. The number of ether oxygens (including phenoxy) is 8. The van der Waals surface area contributed by atoms with Gasteiger partial charge in [-0.3, -0.25) is 0 Å². The lowest BCUT2D eigenvalue weighted by molar-refractivity contribution is 0.339. The van der Waals surface area contributed by atoms with Gasteiger partial charge in [0.1, 0.15) is 46.0 Å². The minimum atomic E-state index is -0.598. The van der Waals surface area contributed by atoms with Crippen LogP contribution in [0.3, 0.4) is 0 Å². The van der Waals surface area contributed by atoms with Crippen LogP contribution in [0, 0.1) is 0 Å². The van der Waals surface area contributed by atoms with Crippen LogP contribution in [0.1, 0.15) is 33.7 Å². The number of methoxy groups -OCH3 is 8. The third kappa shape index (κ3) is 5.41. The van der Waals surface area contributed by atoms with Gasteiger partial charge in [-0.2, -0.15) is 0 Å². The lowest BCUT2D eigenvalue weighted by Gasteiger charge is -2.39. The minimum Gasteiger partial charge on any atom is -0.497 e. The molecule has 8 heteroatoms. The van der Waals surface area contributed by atoms with Gasteiger partial charge in [0.25, 0.3) is 0 Å². The number of benzene rings is 4. The van der Waals surface area contributed by atoms with Crippen molar-refractivity contribution in [3.05, 3.63) is 94.5 Å². The highest BCUT2D eigenvalue weighted by molar-refractivity contribution is 5.64. The van der Waals surface area contributed by atoms with E-state index >= 15 is 0 Å². The fraction of sp³-hybridized carbons (Fsp3) is 0.333. The van der Waals surface area contributed by atoms with Crippen LogP contribution in [0.2, 0.25) is 0 Å². The van der Waals surface area contributed by atoms with Gasteiger partial charge in [-0.25, -0.2) is 0 Å². The van der Waals surface area contributed by atoms with Crippen LogP contribution >= 0.6 is 0 Å². The van der Waals surface area contributed by atoms with Crippen LogP contribution in [-0.2, 0) is 18.3 Å². The van der Waals surface area contributed by atoms with E-state index in [2.05, 4.69) is 30.3 Å². The Morgan fingerprint density at radius 3 is 1.59 bits per heavy atom. The van der Waals surface area contributed by atoms with Gasteiger partial charge in [0.05, 0.1) is 56.9 Å². The van der Waals surface area contributed by atoms with E-state index in [1.54, 1.807) is 56.9 Å². The lowest BCUT2D eigenvalue weighted by atomic mass is 9.64. The zero-order chi connectivity index (χ0) is 31.4. The maximum absolute atomic E-state index is 6.09. The first-order chi connectivity index (χ1) is 21.4. The number of fused-ring (bicyclic) bond motifs is 1. The topological polar surface area (TPSA) is 73.8 Å². The molecule has 44 heavy (non-hydrogen) atoms. The van der Waals surface area contributed by atoms with Crippen molar-refractivity contribution in [3.63, 3.8) is 0 Å². The fourth-order valence-corrected chi connectivity index (χ4v) is 6.68. The summed E-state index contributed by atoms with van der Waals surface area (Å²) in [5.41, 5.74) is 4.62. The summed E-state index contributed by atoms with van der Waals surface area (Å²) in [7, 11) is 13.4. The third-order valence-corrected chi connectivity index (χ3v) is 8.66. The van der Waals surface area contributed by atoms with Gasteiger partial charge in [0, 0.05) is 46.7 Å². The lowest BCUT2D eigenvalue weighted by Crippen LogP contribution is -2.35. The number of rotatable bonds is 12. The zero-order valence-electron chi connectivity index (χ0n) is 26.6. The van der Waals surface area contributed by atoms with E-state index in [1.807, 2.05) is 36.4 Å². The molecular weight excluding hydrogens is 560 g/mol. The van der Waals surface area contributed by atoms with Gasteiger partial charge in [0.15, 0.2) is 0 Å². The van der Waals surface area contributed by atoms with E-state index in [1.165, 1.54) is 0 Å². The van der Waals surface area contributed by atoms with E-state index in [4.69, 9.17) is 37.9 Å². The quantitative estimate of drug-likeness (QED) is 0.180. The van der Waals surface area contributed by atoms with Crippen molar-refractivity contribution in [3.8, 4) is 46.0 Å². The molecule has 232 valence electrons. The second-order valence-corrected chi connectivity index (χ2v) is 10.7. The fourth-order valence-electron chi connectivity index (χ4n) is 6.68. The molecule has 0 aliphatic heterocycles. The molecule has 0 saturated heterocycles. The molecule has 0 fully saturated rings. The molecule has 1 aliphatic rings. The summed E-state index contributed by atoms with van der Waals surface area (Å²) < 4.78 is 46.5. The van der Waals surface area contributed by atoms with Crippen molar-refractivity contribution >= 4 is 0 Å². The Morgan fingerprint density at radius 2 is 1.02 bits per heavy atom. The molecule has 0 amide bonds. The van der Waals surface area contributed by atoms with Gasteiger partial charge in [-0.05, 0) is 59.9 Å². The normalized spacial score (nSPS) is 17.0. The molecule has 2 atom stereocenters. The maximum Gasteiger partial charge on any atom is 0.126 e. The Labute approximate surface area is 259 Å². The van der Waals surface area contributed by atoms with Crippen LogP contribution in [0.4, 0.5) is 0 Å². The molecule has 8 nitrogen and oxygen atoms in total. The first-order valence-electron chi connectivity index (χ1n) is 14.3. The van der Waals surface area contributed by atoms with Crippen molar-refractivity contribution in [2.24, 2.45) is 0 Å². The van der Waals surface area contributed by atoms with Crippen LogP contribution in [0.15, 0.2) is 66.7 Å². The largest absolute Gasteiger partial charge is 0.497 e. The second kappa shape index (κ2) is 12.9. The highest BCUT2D eigenvalue weighted by Gasteiger charge is 2.52. The molecule has 0 spiro atoms. The summed E-state index contributed by atoms with van der Waals surface area (Å²) in [5.74, 6) is 5.51. The molecule has 1 aliphatic carbocycles. The van der Waals surface area contributed by atoms with Gasteiger partial charge in [0.2, 0.25) is 0 Å². The second-order valence-electron chi connectivity index (χ2n) is 10.7. The highest BCUT2D eigenvalue weighted by Crippen LogP contribution is 2.60. The third-order valence-electron chi connectivity index (χ3n) is 8.66. The van der Waals surface area contributed by atoms with Crippen molar-refractivity contribution < 1.29 is 37.9 Å². The Morgan fingerprint density at radius 1 is 0.500 bits per heavy atom. The average Bonchev–Trinajstić information content (AvgIpc) is 3.40. The molecule has 4 aromatic rings. The molecule has 0 saturated carbocycles. The monoisotopic (exact) mass is 600 g/mol. The molecule has 0 N–H and O–H groups in total. The molecule has 5 rings (SSSR count). The van der Waals surface area contributed by atoms with E-state index < -0.39 is 5.41 Å². The zero-order valence-corrected chi connectivity index (χ0v) is 26.6. The van der Waals surface area contributed by atoms with Gasteiger partial charge in [-0.15, -0.1) is 0 Å². The van der Waals surface area contributed by atoms with Crippen molar-refractivity contribution in [1.29, 1.82) is 0 Å². The molecule has 0 bridgehead atoms. The smallest absolute Gasteiger partial charge is 0.126 e. The highest BCUT2D eigenvalue weighted by atomic mass is 16.5. The SMILES string of the molecule is COc1cc(C[C@@]2(c3ccc(OC)cc3OC)Cc3c(OC)cc(OC)cc3[C@@H]2c2ccc(OC)cc2OC)cc(OC)c1. The van der Waals surface area contributed by atoms with E-state index in [0.717, 1.165) is 39.3 Å². The van der Waals surface area contributed by atoms with Crippen LogP contribution in [0.25, 0.3) is 0 Å². The molecule has 0 heterocycles. The van der Waals surface area contributed by atoms with E-state index in [-0.39, 0.29) is 5.92 Å². The van der Waals surface area contributed by atoms with Crippen molar-refractivity contribution in [2.45, 2.75) is 24.2 Å². The van der Waals surface area contributed by atoms with Crippen LogP contribution in [-0.4, -0.2) is 56.9 Å². The van der Waals surface area contributed by atoms with Crippen LogP contribution in [0.5, 0.6) is 46.0 Å². The summed E-state index contributed by atoms with van der Waals surface area (Å²) in [5, 5.41) is 0. The summed E-state index contributed by atoms with van der Waals surface area (Å²) in [4.78, 5) is 0. The predicted octanol–water partition coefficient (Wildman–Crippen LogP) is 6.62. The van der Waals surface area contributed by atoms with Gasteiger partial charge < -0.3 is 37.9 Å². The van der Waals surface area contributed by atoms with E-state index in [9.17, 15) is 0 Å². The average molecular weight is 601 g/mol. The van der Waals surface area contributed by atoms with Crippen LogP contribution < -0.4 is 37.9 Å². The standard InChI is InChI=1S/C36H40O8/c1-37-23-9-11-28(32(17-23)42-6)35-29-16-27(41-5)19-33(43-7)30(29)21-36(35,31-12-10-24(38-2)18-34(31)44-8)20-22-13-25(39-3)15-26(14-22)40-4/h9-19,35H,20-21H2,1-8H3/t35-,36-/m0/s1. The van der Waals surface area contributed by atoms with E-state index in [0.29, 0.717) is 47.3 Å². The van der Waals surface area contributed by atoms with Crippen molar-refractivity contribution in [1.82, 2.24) is 0 Å². The molecule has 4 aromatic carbocycles. The molecule has 0 unspecified atom stereocenters. The molecule has 0 radical (unpaired) electrons. The first-order valence-corrected chi connectivity index (χ1v) is 14.3. The number of hydrogen-bond donors (Lipinski definition) is 0. The minimum absolute atomic E-state index is 0.221. The summed E-state index contributed by atoms with van der Waals surface area (Å²) in [6.45, 7) is 0. The van der Waals surface area contributed by atoms with Gasteiger partial charge >= 0.3 is 0 Å². The molecular formula is C36H40O8.